The normalized spacial score (nSPS) is 24.7. The van der Waals surface area contributed by atoms with Gasteiger partial charge < -0.3 is 9.84 Å². The molecule has 1 N–H and O–H groups in total. The molecule has 2 aromatic rings. The van der Waals surface area contributed by atoms with Gasteiger partial charge in [0, 0.05) is 43.3 Å². The van der Waals surface area contributed by atoms with Crippen molar-refractivity contribution in [1.29, 1.82) is 0 Å². The third-order valence-electron chi connectivity index (χ3n) is 4.61. The fourth-order valence-electron chi connectivity index (χ4n) is 3.51. The van der Waals surface area contributed by atoms with E-state index in [0.29, 0.717) is 6.04 Å². The Kier molecular flexibility index (Phi) is 4.81. The number of hydrogen-bond donors (Lipinski definition) is 1. The fraction of sp³-hybridized carbons (Fsp3) is 0.471. The average molecular weight is 320 g/mol. The lowest BCUT2D eigenvalue weighted by atomic mass is 10.1. The van der Waals surface area contributed by atoms with E-state index >= 15 is 0 Å². The summed E-state index contributed by atoms with van der Waals surface area (Å²) in [6, 6.07) is 13.6. The molecule has 0 amide bonds. The van der Waals surface area contributed by atoms with Gasteiger partial charge in [0.25, 0.3) is 0 Å². The zero-order chi connectivity index (χ0) is 14.1. The van der Waals surface area contributed by atoms with Crippen molar-refractivity contribution in [2.24, 2.45) is 0 Å². The standard InChI is InChI=1S/C17H21N3O.ClH/c1-2-4-13(5-3-1)17-10-16(19-21-17)12-20-9-8-14-6-7-15(11-20)18-14;/h1-5,10,14-15,18H,6-9,11-12H2;1H. The molecule has 0 saturated carbocycles. The van der Waals surface area contributed by atoms with Crippen molar-refractivity contribution in [3.8, 4) is 11.3 Å². The van der Waals surface area contributed by atoms with E-state index in [0.717, 1.165) is 42.7 Å². The van der Waals surface area contributed by atoms with Crippen LogP contribution in [0, 0.1) is 0 Å². The summed E-state index contributed by atoms with van der Waals surface area (Å²) in [5, 5.41) is 7.96. The van der Waals surface area contributed by atoms with Gasteiger partial charge in [0.05, 0.1) is 5.69 Å². The lowest BCUT2D eigenvalue weighted by Gasteiger charge is -2.22. The highest BCUT2D eigenvalue weighted by atomic mass is 35.5. The molecule has 2 unspecified atom stereocenters. The van der Waals surface area contributed by atoms with Gasteiger partial charge in [0.15, 0.2) is 5.76 Å². The van der Waals surface area contributed by atoms with Crippen LogP contribution in [0.2, 0.25) is 0 Å². The molecule has 2 saturated heterocycles. The molecule has 2 bridgehead atoms. The van der Waals surface area contributed by atoms with Crippen LogP contribution in [0.3, 0.4) is 0 Å². The van der Waals surface area contributed by atoms with Crippen molar-refractivity contribution in [2.75, 3.05) is 13.1 Å². The summed E-state index contributed by atoms with van der Waals surface area (Å²) in [7, 11) is 0. The van der Waals surface area contributed by atoms with Crippen LogP contribution < -0.4 is 5.32 Å². The summed E-state index contributed by atoms with van der Waals surface area (Å²) in [4.78, 5) is 2.50. The van der Waals surface area contributed by atoms with Crippen LogP contribution in [0.4, 0.5) is 0 Å². The molecule has 1 aromatic heterocycles. The molecule has 2 aliphatic heterocycles. The van der Waals surface area contributed by atoms with E-state index in [4.69, 9.17) is 4.52 Å². The second-order valence-electron chi connectivity index (χ2n) is 6.21. The van der Waals surface area contributed by atoms with Gasteiger partial charge in [-0.15, -0.1) is 12.4 Å². The van der Waals surface area contributed by atoms with Crippen LogP contribution in [0.15, 0.2) is 40.9 Å². The molecule has 1 aromatic carbocycles. The van der Waals surface area contributed by atoms with Crippen molar-refractivity contribution in [1.82, 2.24) is 15.4 Å². The van der Waals surface area contributed by atoms with Crippen LogP contribution >= 0.6 is 12.4 Å². The molecule has 2 atom stereocenters. The number of hydrogen-bond acceptors (Lipinski definition) is 4. The van der Waals surface area contributed by atoms with E-state index in [-0.39, 0.29) is 12.4 Å². The van der Waals surface area contributed by atoms with Gasteiger partial charge >= 0.3 is 0 Å². The van der Waals surface area contributed by atoms with Crippen molar-refractivity contribution >= 4 is 12.4 Å². The topological polar surface area (TPSA) is 41.3 Å². The van der Waals surface area contributed by atoms with Crippen molar-refractivity contribution in [3.63, 3.8) is 0 Å². The molecule has 4 nitrogen and oxygen atoms in total. The van der Waals surface area contributed by atoms with Crippen LogP contribution in [-0.2, 0) is 6.54 Å². The Morgan fingerprint density at radius 1 is 1.14 bits per heavy atom. The predicted octanol–water partition coefficient (Wildman–Crippen LogP) is 3.09. The number of nitrogens with one attached hydrogen (secondary N) is 1. The number of aromatic nitrogens is 1. The average Bonchev–Trinajstić information content (AvgIpc) is 3.09. The maximum absolute atomic E-state index is 5.49. The van der Waals surface area contributed by atoms with Gasteiger partial charge in [-0.1, -0.05) is 35.5 Å². The molecular weight excluding hydrogens is 298 g/mol. The number of rotatable bonds is 3. The fourth-order valence-corrected chi connectivity index (χ4v) is 3.51. The minimum atomic E-state index is 0. The van der Waals surface area contributed by atoms with Gasteiger partial charge in [-0.2, -0.15) is 0 Å². The molecule has 118 valence electrons. The van der Waals surface area contributed by atoms with Gasteiger partial charge in [-0.05, 0) is 19.3 Å². The number of fused-ring (bicyclic) bond motifs is 2. The Hall–Kier alpha value is -1.36. The number of halogens is 1. The minimum absolute atomic E-state index is 0. The Labute approximate surface area is 137 Å². The molecule has 4 rings (SSSR count). The van der Waals surface area contributed by atoms with Crippen LogP contribution in [0.25, 0.3) is 11.3 Å². The Bertz CT molecular complexity index is 601. The lowest BCUT2D eigenvalue weighted by molar-refractivity contribution is 0.243. The summed E-state index contributed by atoms with van der Waals surface area (Å²) in [5.74, 6) is 0.861. The third kappa shape index (κ3) is 3.35. The summed E-state index contributed by atoms with van der Waals surface area (Å²) in [5.41, 5.74) is 2.12. The zero-order valence-corrected chi connectivity index (χ0v) is 13.4. The number of likely N-dealkylation sites (tertiary alicyclic amines) is 1. The third-order valence-corrected chi connectivity index (χ3v) is 4.61. The summed E-state index contributed by atoms with van der Waals surface area (Å²) in [6.07, 6.45) is 3.91. The predicted molar refractivity (Wildman–Crippen MR) is 89.0 cm³/mol. The highest BCUT2D eigenvalue weighted by molar-refractivity contribution is 5.85. The quantitative estimate of drug-likeness (QED) is 0.944. The van der Waals surface area contributed by atoms with E-state index in [9.17, 15) is 0 Å². The molecule has 0 spiro atoms. The van der Waals surface area contributed by atoms with Crippen LogP contribution in [0.1, 0.15) is 25.0 Å². The zero-order valence-electron chi connectivity index (χ0n) is 12.6. The Morgan fingerprint density at radius 2 is 1.95 bits per heavy atom. The largest absolute Gasteiger partial charge is 0.356 e. The van der Waals surface area contributed by atoms with E-state index in [2.05, 4.69) is 33.6 Å². The summed E-state index contributed by atoms with van der Waals surface area (Å²) >= 11 is 0. The minimum Gasteiger partial charge on any atom is -0.356 e. The van der Waals surface area contributed by atoms with E-state index < -0.39 is 0 Å². The first-order valence-corrected chi connectivity index (χ1v) is 7.86. The first-order valence-electron chi connectivity index (χ1n) is 7.86. The molecule has 5 heteroatoms. The Balaban J connectivity index is 0.00000144. The maximum atomic E-state index is 5.49. The van der Waals surface area contributed by atoms with Gasteiger partial charge in [-0.3, -0.25) is 4.90 Å². The van der Waals surface area contributed by atoms with E-state index in [1.165, 1.54) is 19.3 Å². The van der Waals surface area contributed by atoms with Crippen LogP contribution in [-0.4, -0.2) is 35.2 Å². The smallest absolute Gasteiger partial charge is 0.167 e. The van der Waals surface area contributed by atoms with Gasteiger partial charge in [0.1, 0.15) is 0 Å². The summed E-state index contributed by atoms with van der Waals surface area (Å²) in [6.45, 7) is 3.17. The Morgan fingerprint density at radius 3 is 2.82 bits per heavy atom. The first-order chi connectivity index (χ1) is 10.4. The second kappa shape index (κ2) is 6.82. The van der Waals surface area contributed by atoms with Gasteiger partial charge in [0.2, 0.25) is 0 Å². The molecule has 0 aliphatic carbocycles. The van der Waals surface area contributed by atoms with E-state index in [1.54, 1.807) is 0 Å². The summed E-state index contributed by atoms with van der Waals surface area (Å²) < 4.78 is 5.49. The molecular formula is C17H22ClN3O. The highest BCUT2D eigenvalue weighted by Crippen LogP contribution is 2.23. The van der Waals surface area contributed by atoms with E-state index in [1.807, 2.05) is 18.2 Å². The first kappa shape index (κ1) is 15.5. The van der Waals surface area contributed by atoms with Crippen molar-refractivity contribution in [3.05, 3.63) is 42.1 Å². The molecule has 22 heavy (non-hydrogen) atoms. The van der Waals surface area contributed by atoms with Crippen molar-refractivity contribution < 1.29 is 4.52 Å². The molecule has 2 fully saturated rings. The second-order valence-corrected chi connectivity index (χ2v) is 6.21. The number of benzene rings is 1. The van der Waals surface area contributed by atoms with Crippen LogP contribution in [0.5, 0.6) is 0 Å². The highest BCUT2D eigenvalue weighted by Gasteiger charge is 2.29. The SMILES string of the molecule is Cl.c1ccc(-c2cc(CN3CCC4CCC(C3)N4)no2)cc1. The van der Waals surface area contributed by atoms with Gasteiger partial charge in [-0.25, -0.2) is 0 Å². The monoisotopic (exact) mass is 319 g/mol. The molecule has 3 heterocycles. The molecule has 0 radical (unpaired) electrons. The number of nitrogens with zero attached hydrogens (tertiary/aromatic N) is 2. The maximum Gasteiger partial charge on any atom is 0.167 e. The van der Waals surface area contributed by atoms with Crippen molar-refractivity contribution in [2.45, 2.75) is 37.9 Å². The lowest BCUT2D eigenvalue weighted by Crippen LogP contribution is -2.35. The molecule has 2 aliphatic rings.